The zero-order valence-corrected chi connectivity index (χ0v) is 20.5. The van der Waals surface area contributed by atoms with Crippen molar-refractivity contribution in [1.82, 2.24) is 9.97 Å². The molecule has 4 nitrogen and oxygen atoms in total. The van der Waals surface area contributed by atoms with Crippen molar-refractivity contribution in [2.75, 3.05) is 5.32 Å². The molecule has 1 aliphatic carbocycles. The summed E-state index contributed by atoms with van der Waals surface area (Å²) in [7, 11) is 0. The number of anilines is 1. The van der Waals surface area contributed by atoms with E-state index in [1.807, 2.05) is 35.7 Å². The summed E-state index contributed by atoms with van der Waals surface area (Å²) in [4.78, 5) is 22.3. The number of carbonyl (C=O) groups excluding carboxylic acids is 1. The van der Waals surface area contributed by atoms with Crippen molar-refractivity contribution in [3.05, 3.63) is 137 Å². The van der Waals surface area contributed by atoms with Gasteiger partial charge in [-0.15, -0.1) is 11.3 Å². The second-order valence-corrected chi connectivity index (χ2v) is 10.00. The fraction of sp³-hybridized carbons (Fsp3) is 0.129. The fourth-order valence-corrected chi connectivity index (χ4v) is 5.84. The number of amides is 1. The van der Waals surface area contributed by atoms with Gasteiger partial charge in [0.2, 0.25) is 5.91 Å². The molecule has 5 heteroatoms. The lowest BCUT2D eigenvalue weighted by Gasteiger charge is -2.20. The van der Waals surface area contributed by atoms with E-state index in [0.717, 1.165) is 29.7 Å². The number of nitrogens with one attached hydrogen (secondary N) is 1. The summed E-state index contributed by atoms with van der Waals surface area (Å²) < 4.78 is 0. The number of nitrogens with zero attached hydrogens (tertiary/aromatic N) is 2. The smallest absolute Gasteiger partial charge is 0.230 e. The van der Waals surface area contributed by atoms with Crippen LogP contribution in [0.15, 0.2) is 109 Å². The van der Waals surface area contributed by atoms with Crippen molar-refractivity contribution in [1.29, 1.82) is 0 Å². The lowest BCUT2D eigenvalue weighted by molar-refractivity contribution is -0.120. The Morgan fingerprint density at radius 1 is 0.861 bits per heavy atom. The molecule has 6 rings (SSSR count). The van der Waals surface area contributed by atoms with Crippen molar-refractivity contribution in [3.8, 4) is 11.1 Å². The molecule has 0 unspecified atom stereocenters. The van der Waals surface area contributed by atoms with E-state index < -0.39 is 0 Å². The molecular weight excluding hydrogens is 462 g/mol. The number of fused-ring (bicyclic) bond motifs is 1. The van der Waals surface area contributed by atoms with Crippen LogP contribution >= 0.6 is 11.3 Å². The van der Waals surface area contributed by atoms with Crippen LogP contribution in [-0.4, -0.2) is 15.9 Å². The van der Waals surface area contributed by atoms with Gasteiger partial charge in [-0.3, -0.25) is 9.78 Å². The molecule has 2 heterocycles. The van der Waals surface area contributed by atoms with Gasteiger partial charge in [-0.2, -0.15) is 0 Å². The highest BCUT2D eigenvalue weighted by Crippen LogP contribution is 2.43. The first-order valence-electron chi connectivity index (χ1n) is 12.1. The van der Waals surface area contributed by atoms with E-state index >= 15 is 0 Å². The van der Waals surface area contributed by atoms with Gasteiger partial charge in [-0.1, -0.05) is 78.9 Å². The van der Waals surface area contributed by atoms with Gasteiger partial charge < -0.3 is 5.32 Å². The van der Waals surface area contributed by atoms with Crippen LogP contribution in [0.4, 0.5) is 5.13 Å². The molecule has 0 saturated carbocycles. The molecule has 1 N–H and O–H groups in total. The van der Waals surface area contributed by atoms with Gasteiger partial charge in [0.15, 0.2) is 5.13 Å². The second-order valence-electron chi connectivity index (χ2n) is 9.14. The van der Waals surface area contributed by atoms with E-state index in [1.165, 1.54) is 33.6 Å². The third-order valence-corrected chi connectivity index (χ3v) is 7.67. The third-order valence-electron chi connectivity index (χ3n) is 6.86. The van der Waals surface area contributed by atoms with E-state index in [2.05, 4.69) is 71.0 Å². The SMILES string of the molecule is O=C(Nc1nc(Cc2ccc(-c3ccncc3)cc2)cs1)[C@H]1Cc2ccccc2[C@@H]1c1ccccc1. The molecule has 2 aromatic heterocycles. The van der Waals surface area contributed by atoms with Gasteiger partial charge >= 0.3 is 0 Å². The van der Waals surface area contributed by atoms with E-state index in [9.17, 15) is 4.79 Å². The number of aromatic nitrogens is 2. The monoisotopic (exact) mass is 487 g/mol. The summed E-state index contributed by atoms with van der Waals surface area (Å²) in [5, 5.41) is 5.81. The van der Waals surface area contributed by atoms with Crippen LogP contribution in [0.1, 0.15) is 33.9 Å². The maximum absolute atomic E-state index is 13.5. The fourth-order valence-electron chi connectivity index (χ4n) is 5.12. The Morgan fingerprint density at radius 3 is 2.39 bits per heavy atom. The predicted molar refractivity (Wildman–Crippen MR) is 145 cm³/mol. The van der Waals surface area contributed by atoms with Crippen LogP contribution in [0.25, 0.3) is 11.1 Å². The molecule has 2 atom stereocenters. The summed E-state index contributed by atoms with van der Waals surface area (Å²) in [5.41, 5.74) is 8.14. The minimum absolute atomic E-state index is 0.0302. The highest BCUT2D eigenvalue weighted by atomic mass is 32.1. The summed E-state index contributed by atoms with van der Waals surface area (Å²) in [6.45, 7) is 0. The Kier molecular flexibility index (Phi) is 6.14. The van der Waals surface area contributed by atoms with Crippen molar-refractivity contribution in [2.45, 2.75) is 18.8 Å². The number of pyridine rings is 1. The highest BCUT2D eigenvalue weighted by Gasteiger charge is 2.38. The predicted octanol–water partition coefficient (Wildman–Crippen LogP) is 6.74. The largest absolute Gasteiger partial charge is 0.302 e. The van der Waals surface area contributed by atoms with E-state index in [0.29, 0.717) is 5.13 Å². The van der Waals surface area contributed by atoms with Crippen LogP contribution in [0, 0.1) is 5.92 Å². The number of hydrogen-bond acceptors (Lipinski definition) is 4. The van der Waals surface area contributed by atoms with E-state index in [-0.39, 0.29) is 17.7 Å². The first kappa shape index (κ1) is 22.4. The van der Waals surface area contributed by atoms with Crippen LogP contribution in [0.3, 0.4) is 0 Å². The molecule has 176 valence electrons. The molecule has 0 spiro atoms. The Morgan fingerprint density at radius 2 is 1.58 bits per heavy atom. The van der Waals surface area contributed by atoms with Crippen LogP contribution in [0.5, 0.6) is 0 Å². The highest BCUT2D eigenvalue weighted by molar-refractivity contribution is 7.13. The molecule has 0 aliphatic heterocycles. The molecule has 36 heavy (non-hydrogen) atoms. The molecule has 3 aromatic carbocycles. The standard InChI is InChI=1S/C31H25N3OS/c35-30(28-19-25-8-4-5-9-27(25)29(28)24-6-2-1-3-7-24)34-31-33-26(20-36-31)18-21-10-12-22(13-11-21)23-14-16-32-17-15-23/h1-17,20,28-29H,18-19H2,(H,33,34,35)/t28-,29-/m0/s1. The Bertz CT molecular complexity index is 1480. The number of thiazole rings is 1. The number of benzene rings is 3. The molecule has 0 bridgehead atoms. The van der Waals surface area contributed by atoms with Gasteiger partial charge in [0, 0.05) is 30.1 Å². The van der Waals surface area contributed by atoms with Crippen molar-refractivity contribution < 1.29 is 4.79 Å². The number of carbonyl (C=O) groups is 1. The molecule has 0 fully saturated rings. The summed E-state index contributed by atoms with van der Waals surface area (Å²) >= 11 is 1.49. The van der Waals surface area contributed by atoms with Crippen LogP contribution < -0.4 is 5.32 Å². The van der Waals surface area contributed by atoms with E-state index in [1.54, 1.807) is 12.4 Å². The first-order chi connectivity index (χ1) is 17.7. The average molecular weight is 488 g/mol. The van der Waals surface area contributed by atoms with Gasteiger partial charge in [0.05, 0.1) is 11.6 Å². The Balaban J connectivity index is 1.15. The summed E-state index contributed by atoms with van der Waals surface area (Å²) in [6, 6.07) is 31.3. The van der Waals surface area contributed by atoms with Crippen molar-refractivity contribution in [2.24, 2.45) is 5.92 Å². The van der Waals surface area contributed by atoms with Crippen LogP contribution in [-0.2, 0) is 17.6 Å². The van der Waals surface area contributed by atoms with Gasteiger partial charge in [-0.25, -0.2) is 4.98 Å². The zero-order chi connectivity index (χ0) is 24.3. The maximum atomic E-state index is 13.5. The summed E-state index contributed by atoms with van der Waals surface area (Å²) in [5.74, 6) is -0.0683. The second kappa shape index (κ2) is 9.88. The van der Waals surface area contributed by atoms with Crippen LogP contribution in [0.2, 0.25) is 0 Å². The van der Waals surface area contributed by atoms with Crippen molar-refractivity contribution >= 4 is 22.4 Å². The maximum Gasteiger partial charge on any atom is 0.230 e. The summed E-state index contributed by atoms with van der Waals surface area (Å²) in [6.07, 6.45) is 5.08. The molecule has 1 amide bonds. The normalized spacial score (nSPS) is 16.4. The Labute approximate surface area is 214 Å². The zero-order valence-electron chi connectivity index (χ0n) is 19.7. The van der Waals surface area contributed by atoms with E-state index in [4.69, 9.17) is 4.98 Å². The molecule has 5 aromatic rings. The quantitative estimate of drug-likeness (QED) is 0.289. The van der Waals surface area contributed by atoms with Gasteiger partial charge in [0.25, 0.3) is 0 Å². The molecule has 0 radical (unpaired) electrons. The molecule has 0 saturated heterocycles. The number of hydrogen-bond donors (Lipinski definition) is 1. The lowest BCUT2D eigenvalue weighted by Crippen LogP contribution is -2.26. The minimum atomic E-state index is -0.155. The Hall–Kier alpha value is -4.09. The lowest BCUT2D eigenvalue weighted by atomic mass is 9.85. The van der Waals surface area contributed by atoms with Crippen molar-refractivity contribution in [3.63, 3.8) is 0 Å². The minimum Gasteiger partial charge on any atom is -0.302 e. The van der Waals surface area contributed by atoms with Gasteiger partial charge in [-0.05, 0) is 51.9 Å². The first-order valence-corrected chi connectivity index (χ1v) is 13.0. The molecule has 1 aliphatic rings. The topological polar surface area (TPSA) is 54.9 Å². The molecular formula is C31H25N3OS. The van der Waals surface area contributed by atoms with Gasteiger partial charge in [0.1, 0.15) is 0 Å². The average Bonchev–Trinajstić information content (AvgIpc) is 3.54. The third kappa shape index (κ3) is 4.58. The number of rotatable bonds is 6.